The first-order valence-corrected chi connectivity index (χ1v) is 7.47. The molecule has 0 unspecified atom stereocenters. The van der Waals surface area contributed by atoms with Crippen molar-refractivity contribution in [2.75, 3.05) is 30.8 Å². The molecule has 9 heteroatoms. The summed E-state index contributed by atoms with van der Waals surface area (Å²) >= 11 is 5.70. The summed E-state index contributed by atoms with van der Waals surface area (Å²) < 4.78 is 40.4. The third kappa shape index (κ3) is 5.88. The third-order valence-electron chi connectivity index (χ3n) is 1.40. The van der Waals surface area contributed by atoms with E-state index in [0.717, 1.165) is 0 Å². The van der Waals surface area contributed by atoms with Crippen LogP contribution < -0.4 is 0 Å². The minimum Gasteiger partial charge on any atom is -0.465 e. The van der Waals surface area contributed by atoms with Crippen molar-refractivity contribution in [3.8, 4) is 0 Å². The van der Waals surface area contributed by atoms with Crippen molar-refractivity contribution in [1.82, 2.24) is 3.71 Å². The SMILES string of the molecule is CCOC(=O)CN(SCF)S(=O)(=O)CCCl. The molecule has 0 fully saturated rings. The molecule has 0 aliphatic carbocycles. The van der Waals surface area contributed by atoms with Crippen LogP contribution in [0.3, 0.4) is 0 Å². The van der Waals surface area contributed by atoms with E-state index >= 15 is 0 Å². The largest absolute Gasteiger partial charge is 0.465 e. The molecule has 0 aliphatic rings. The number of halogens is 2. The van der Waals surface area contributed by atoms with E-state index in [4.69, 9.17) is 11.6 Å². The Hall–Kier alpha value is -0.0500. The van der Waals surface area contributed by atoms with Gasteiger partial charge in [-0.2, -0.15) is 0 Å². The Morgan fingerprint density at radius 2 is 2.19 bits per heavy atom. The molecule has 0 aromatic heterocycles. The Morgan fingerprint density at radius 3 is 2.62 bits per heavy atom. The van der Waals surface area contributed by atoms with Crippen LogP contribution in [0.2, 0.25) is 0 Å². The van der Waals surface area contributed by atoms with Gasteiger partial charge in [-0.05, 0) is 18.9 Å². The predicted octanol–water partition coefficient (Wildman–Crippen LogP) is 0.995. The molecule has 0 aromatic carbocycles. The summed E-state index contributed by atoms with van der Waals surface area (Å²) in [6, 6.07) is -0.944. The van der Waals surface area contributed by atoms with Crippen LogP contribution in [-0.2, 0) is 19.6 Å². The molecule has 0 heterocycles. The Morgan fingerprint density at radius 1 is 1.56 bits per heavy atom. The number of ether oxygens (including phenoxy) is 1. The van der Waals surface area contributed by atoms with E-state index in [1.807, 2.05) is 0 Å². The van der Waals surface area contributed by atoms with E-state index in [1.165, 1.54) is 0 Å². The van der Waals surface area contributed by atoms with Gasteiger partial charge in [0.25, 0.3) is 0 Å². The Kier molecular flexibility index (Phi) is 8.08. The Labute approximate surface area is 103 Å². The molecule has 0 aromatic rings. The van der Waals surface area contributed by atoms with E-state index in [9.17, 15) is 17.6 Å². The number of alkyl halides is 2. The van der Waals surface area contributed by atoms with Gasteiger partial charge in [-0.25, -0.2) is 12.8 Å². The zero-order chi connectivity index (χ0) is 12.6. The van der Waals surface area contributed by atoms with Gasteiger partial charge in [0.2, 0.25) is 10.0 Å². The van der Waals surface area contributed by atoms with Crippen LogP contribution in [0.5, 0.6) is 0 Å². The highest BCUT2D eigenvalue weighted by atomic mass is 35.5. The maximum Gasteiger partial charge on any atom is 0.322 e. The average molecular weight is 294 g/mol. The van der Waals surface area contributed by atoms with Crippen LogP contribution >= 0.6 is 23.5 Å². The summed E-state index contributed by atoms with van der Waals surface area (Å²) in [6.07, 6.45) is 0. The molecule has 0 saturated carbocycles. The number of hydrogen-bond acceptors (Lipinski definition) is 5. The average Bonchev–Trinajstić information content (AvgIpc) is 2.17. The summed E-state index contributed by atoms with van der Waals surface area (Å²) in [4.78, 5) is 11.1. The molecule has 0 bridgehead atoms. The molecule has 0 radical (unpaired) electrons. The third-order valence-corrected chi connectivity index (χ3v) is 4.80. The number of carbonyl (C=O) groups excluding carboxylic acids is 1. The summed E-state index contributed by atoms with van der Waals surface area (Å²) in [5.74, 6) is -1.18. The molecule has 0 rings (SSSR count). The smallest absolute Gasteiger partial charge is 0.322 e. The highest BCUT2D eigenvalue weighted by Gasteiger charge is 2.25. The number of hydrogen-bond donors (Lipinski definition) is 0. The van der Waals surface area contributed by atoms with Crippen LogP contribution in [0.1, 0.15) is 6.92 Å². The molecule has 0 N–H and O–H groups in total. The molecule has 0 aliphatic heterocycles. The maximum atomic E-state index is 12.1. The van der Waals surface area contributed by atoms with Gasteiger partial charge in [-0.3, -0.25) is 4.79 Å². The first-order chi connectivity index (χ1) is 7.47. The molecular formula is C7H13ClFNO4S2. The van der Waals surface area contributed by atoms with Gasteiger partial charge in [0, 0.05) is 5.88 Å². The second-order valence-corrected chi connectivity index (χ2v) is 6.05. The highest BCUT2D eigenvalue weighted by Crippen LogP contribution is 2.16. The van der Waals surface area contributed by atoms with Crippen molar-refractivity contribution in [3.63, 3.8) is 0 Å². The molecule has 0 spiro atoms. The topological polar surface area (TPSA) is 63.7 Å². The van der Waals surface area contributed by atoms with Crippen LogP contribution in [0.4, 0.5) is 4.39 Å². The molecular weight excluding hydrogens is 281 g/mol. The van der Waals surface area contributed by atoms with E-state index in [-0.39, 0.29) is 18.2 Å². The second kappa shape index (κ2) is 8.10. The maximum absolute atomic E-state index is 12.1. The molecule has 0 atom stereocenters. The number of esters is 1. The van der Waals surface area contributed by atoms with E-state index < -0.39 is 28.5 Å². The fourth-order valence-electron chi connectivity index (χ4n) is 0.790. The zero-order valence-electron chi connectivity index (χ0n) is 8.69. The molecule has 96 valence electrons. The monoisotopic (exact) mass is 293 g/mol. The first-order valence-electron chi connectivity index (χ1n) is 4.38. The summed E-state index contributed by atoms with van der Waals surface area (Å²) in [7, 11) is -3.72. The predicted molar refractivity (Wildman–Crippen MR) is 61.4 cm³/mol. The van der Waals surface area contributed by atoms with E-state index in [0.29, 0.717) is 15.7 Å². The van der Waals surface area contributed by atoms with Crippen molar-refractivity contribution in [1.29, 1.82) is 0 Å². The van der Waals surface area contributed by atoms with Gasteiger partial charge in [0.1, 0.15) is 6.54 Å². The lowest BCUT2D eigenvalue weighted by Gasteiger charge is -2.17. The summed E-state index contributed by atoms with van der Waals surface area (Å²) in [6.45, 7) is 1.22. The number of sulfonamides is 1. The minimum atomic E-state index is -3.72. The normalized spacial score (nSPS) is 11.8. The Balaban J connectivity index is 4.54. The van der Waals surface area contributed by atoms with Gasteiger partial charge in [0.15, 0.2) is 6.01 Å². The van der Waals surface area contributed by atoms with Crippen molar-refractivity contribution in [3.05, 3.63) is 0 Å². The lowest BCUT2D eigenvalue weighted by molar-refractivity contribution is -0.142. The molecule has 0 amide bonds. The van der Waals surface area contributed by atoms with Crippen molar-refractivity contribution < 1.29 is 22.3 Å². The van der Waals surface area contributed by atoms with Gasteiger partial charge in [-0.1, -0.05) is 0 Å². The quantitative estimate of drug-likeness (QED) is 0.379. The van der Waals surface area contributed by atoms with Gasteiger partial charge < -0.3 is 4.74 Å². The summed E-state index contributed by atoms with van der Waals surface area (Å²) in [5, 5.41) is 0. The van der Waals surface area contributed by atoms with Crippen molar-refractivity contribution in [2.45, 2.75) is 6.92 Å². The van der Waals surface area contributed by atoms with Gasteiger partial charge >= 0.3 is 5.97 Å². The van der Waals surface area contributed by atoms with E-state index in [2.05, 4.69) is 4.74 Å². The zero-order valence-corrected chi connectivity index (χ0v) is 11.1. The van der Waals surface area contributed by atoms with Gasteiger partial charge in [-0.15, -0.1) is 15.3 Å². The van der Waals surface area contributed by atoms with Crippen molar-refractivity contribution >= 4 is 39.5 Å². The summed E-state index contributed by atoms with van der Waals surface area (Å²) in [5.41, 5.74) is 0. The first kappa shape index (κ1) is 16.0. The molecule has 16 heavy (non-hydrogen) atoms. The minimum absolute atomic E-state index is 0.117. The lowest BCUT2D eigenvalue weighted by atomic mass is 10.7. The fraction of sp³-hybridized carbons (Fsp3) is 0.857. The lowest BCUT2D eigenvalue weighted by Crippen LogP contribution is -2.33. The second-order valence-electron chi connectivity index (χ2n) is 2.51. The Bertz CT molecular complexity index is 312. The van der Waals surface area contributed by atoms with Crippen molar-refractivity contribution in [2.24, 2.45) is 0 Å². The van der Waals surface area contributed by atoms with Gasteiger partial charge in [0.05, 0.1) is 12.4 Å². The standard InChI is InChI=1S/C7H13ClFNO4S2/c1-2-14-7(11)5-10(15-6-9)16(12,13)4-3-8/h2-6H2,1H3. The van der Waals surface area contributed by atoms with E-state index in [1.54, 1.807) is 6.92 Å². The van der Waals surface area contributed by atoms with Crippen LogP contribution in [0.15, 0.2) is 0 Å². The fourth-order valence-corrected chi connectivity index (χ4v) is 3.37. The van der Waals surface area contributed by atoms with Crippen LogP contribution in [-0.4, -0.2) is 48.9 Å². The molecule has 5 nitrogen and oxygen atoms in total. The number of carbonyl (C=O) groups is 1. The van der Waals surface area contributed by atoms with Crippen LogP contribution in [0.25, 0.3) is 0 Å². The molecule has 0 saturated heterocycles. The van der Waals surface area contributed by atoms with Crippen LogP contribution in [0, 0.1) is 0 Å². The number of nitrogens with zero attached hydrogens (tertiary/aromatic N) is 1. The number of rotatable bonds is 8. The highest BCUT2D eigenvalue weighted by molar-refractivity contribution is 8.08.